The van der Waals surface area contributed by atoms with Crippen molar-refractivity contribution in [1.29, 1.82) is 0 Å². The predicted octanol–water partition coefficient (Wildman–Crippen LogP) is -0.672. The second-order valence-electron chi connectivity index (χ2n) is 4.76. The Balaban J connectivity index is 0.00000192. The Morgan fingerprint density at radius 2 is 2.17 bits per heavy atom. The van der Waals surface area contributed by atoms with E-state index < -0.39 is 32.9 Å². The molecule has 0 bridgehead atoms. The number of hydrogen-bond acceptors (Lipinski definition) is 9. The summed E-state index contributed by atoms with van der Waals surface area (Å²) >= 11 is 0. The van der Waals surface area contributed by atoms with Crippen molar-refractivity contribution in [1.82, 2.24) is 25.7 Å². The Labute approximate surface area is 130 Å². The number of phosphoric ester groups is 1. The summed E-state index contributed by atoms with van der Waals surface area (Å²) in [7, 11) is -4.69. The number of nitrogens with zero attached hydrogens (tertiary/aromatic N) is 4. The minimum atomic E-state index is -4.69. The van der Waals surface area contributed by atoms with Gasteiger partial charge in [0.15, 0.2) is 11.5 Å². The van der Waals surface area contributed by atoms with E-state index in [0.29, 0.717) is 11.2 Å². The fourth-order valence-corrected chi connectivity index (χ4v) is 2.98. The molecule has 1 aliphatic heterocycles. The summed E-state index contributed by atoms with van der Waals surface area (Å²) in [5.74, 6) is 0.212. The van der Waals surface area contributed by atoms with Gasteiger partial charge in [-0.1, -0.05) is 0 Å². The monoisotopic (exact) mass is 348 g/mol. The minimum absolute atomic E-state index is 0. The standard InChI is InChI=1S/C10H14N5O6P.H3N/c11-9-8-10(13-3-12-9)15(4-14-8)7-1-5(6(2-16)20-7)21-22(17,18)19;/h3-7,16H,1-2H2,(H2,11,12,13)(H2,17,18,19);1H3/t5-,6+,7+;/m0./s1. The molecule has 3 heterocycles. The van der Waals surface area contributed by atoms with Crippen LogP contribution < -0.4 is 11.9 Å². The number of phosphoric acid groups is 1. The van der Waals surface area contributed by atoms with E-state index in [1.807, 2.05) is 0 Å². The van der Waals surface area contributed by atoms with Gasteiger partial charge in [-0.25, -0.2) is 19.5 Å². The highest BCUT2D eigenvalue weighted by atomic mass is 31.2. The first-order chi connectivity index (χ1) is 10.4. The van der Waals surface area contributed by atoms with Gasteiger partial charge in [0.2, 0.25) is 0 Å². The van der Waals surface area contributed by atoms with Crippen molar-refractivity contribution in [3.63, 3.8) is 0 Å². The highest BCUT2D eigenvalue weighted by molar-refractivity contribution is 7.46. The van der Waals surface area contributed by atoms with Gasteiger partial charge >= 0.3 is 7.82 Å². The van der Waals surface area contributed by atoms with Gasteiger partial charge in [-0.2, -0.15) is 0 Å². The lowest BCUT2D eigenvalue weighted by Gasteiger charge is -2.16. The average molecular weight is 348 g/mol. The summed E-state index contributed by atoms with van der Waals surface area (Å²) in [4.78, 5) is 29.8. The SMILES string of the molecule is N.Nc1ncnc2c1ncn2[C@H]1C[C@H](OP(=O)(O)O)[C@@H](CO)O1. The maximum Gasteiger partial charge on any atom is 0.469 e. The van der Waals surface area contributed by atoms with Crippen LogP contribution in [0.5, 0.6) is 0 Å². The van der Waals surface area contributed by atoms with Crippen molar-refractivity contribution in [3.05, 3.63) is 12.7 Å². The molecule has 13 heteroatoms. The molecule has 1 saturated heterocycles. The van der Waals surface area contributed by atoms with Crippen LogP contribution in [0.1, 0.15) is 12.6 Å². The second kappa shape index (κ2) is 6.45. The number of anilines is 1. The van der Waals surface area contributed by atoms with Crippen LogP contribution in [0.3, 0.4) is 0 Å². The molecule has 0 unspecified atom stereocenters. The largest absolute Gasteiger partial charge is 0.469 e. The Hall–Kier alpha value is -1.66. The number of ether oxygens (including phenoxy) is 1. The molecule has 8 N–H and O–H groups in total. The number of rotatable bonds is 4. The molecule has 0 radical (unpaired) electrons. The first kappa shape index (κ1) is 17.7. The van der Waals surface area contributed by atoms with Crippen molar-refractivity contribution >= 4 is 24.8 Å². The molecule has 2 aromatic rings. The second-order valence-corrected chi connectivity index (χ2v) is 5.96. The van der Waals surface area contributed by atoms with Gasteiger partial charge in [0, 0.05) is 6.42 Å². The van der Waals surface area contributed by atoms with E-state index in [1.165, 1.54) is 12.7 Å². The van der Waals surface area contributed by atoms with Gasteiger partial charge in [-0.3, -0.25) is 9.09 Å². The van der Waals surface area contributed by atoms with Crippen LogP contribution in [0.25, 0.3) is 11.2 Å². The summed E-state index contributed by atoms with van der Waals surface area (Å²) in [5.41, 5.74) is 6.51. The van der Waals surface area contributed by atoms with Crippen molar-refractivity contribution in [2.24, 2.45) is 0 Å². The highest BCUT2D eigenvalue weighted by Crippen LogP contribution is 2.43. The van der Waals surface area contributed by atoms with Crippen LogP contribution in [0.4, 0.5) is 5.82 Å². The third-order valence-corrected chi connectivity index (χ3v) is 3.88. The van der Waals surface area contributed by atoms with E-state index in [0.717, 1.165) is 0 Å². The molecule has 1 fully saturated rings. The van der Waals surface area contributed by atoms with E-state index >= 15 is 0 Å². The third kappa shape index (κ3) is 3.48. The van der Waals surface area contributed by atoms with Crippen LogP contribution in [0.2, 0.25) is 0 Å². The minimum Gasteiger partial charge on any atom is -0.394 e. The molecule has 0 aromatic carbocycles. The molecular formula is C10H17N6O6P. The van der Waals surface area contributed by atoms with Crippen molar-refractivity contribution < 1.29 is 28.7 Å². The third-order valence-electron chi connectivity index (χ3n) is 3.33. The number of nitrogen functional groups attached to an aromatic ring is 1. The predicted molar refractivity (Wildman–Crippen MR) is 77.3 cm³/mol. The molecule has 0 aliphatic carbocycles. The number of aromatic nitrogens is 4. The van der Waals surface area contributed by atoms with Crippen molar-refractivity contribution in [2.45, 2.75) is 24.9 Å². The maximum atomic E-state index is 11.0. The lowest BCUT2D eigenvalue weighted by molar-refractivity contribution is -0.0425. The smallest absolute Gasteiger partial charge is 0.394 e. The molecule has 0 saturated carbocycles. The summed E-state index contributed by atoms with van der Waals surface area (Å²) in [6.45, 7) is -0.440. The lowest BCUT2D eigenvalue weighted by atomic mass is 10.2. The Kier molecular flexibility index (Phi) is 4.96. The van der Waals surface area contributed by atoms with Gasteiger partial charge in [-0.15, -0.1) is 0 Å². The Bertz CT molecular complexity index is 734. The molecule has 2 aromatic heterocycles. The first-order valence-electron chi connectivity index (χ1n) is 6.32. The normalized spacial score (nSPS) is 24.7. The van der Waals surface area contributed by atoms with Crippen LogP contribution in [-0.2, 0) is 13.8 Å². The Morgan fingerprint density at radius 1 is 1.43 bits per heavy atom. The van der Waals surface area contributed by atoms with Crippen molar-refractivity contribution in [3.8, 4) is 0 Å². The Morgan fingerprint density at radius 3 is 2.83 bits per heavy atom. The molecule has 12 nitrogen and oxygen atoms in total. The zero-order chi connectivity index (χ0) is 15.9. The zero-order valence-corrected chi connectivity index (χ0v) is 12.8. The number of aliphatic hydroxyl groups excluding tert-OH is 1. The molecule has 3 rings (SSSR count). The number of fused-ring (bicyclic) bond motifs is 1. The molecule has 128 valence electrons. The van der Waals surface area contributed by atoms with Crippen molar-refractivity contribution in [2.75, 3.05) is 12.3 Å². The van der Waals surface area contributed by atoms with E-state index in [4.69, 9.17) is 20.3 Å². The zero-order valence-electron chi connectivity index (χ0n) is 11.9. The first-order valence-corrected chi connectivity index (χ1v) is 7.85. The number of aliphatic hydroxyl groups is 1. The summed E-state index contributed by atoms with van der Waals surface area (Å²) in [6.07, 6.45) is 0.368. The fourth-order valence-electron chi connectivity index (χ4n) is 2.40. The highest BCUT2D eigenvalue weighted by Gasteiger charge is 2.40. The van der Waals surface area contributed by atoms with Crippen LogP contribution in [0.15, 0.2) is 12.7 Å². The summed E-state index contributed by atoms with van der Waals surface area (Å²) in [6, 6.07) is 0. The molecule has 0 spiro atoms. The molecule has 1 aliphatic rings. The molecule has 23 heavy (non-hydrogen) atoms. The van der Waals surface area contributed by atoms with Crippen LogP contribution in [-0.4, -0.2) is 53.2 Å². The number of hydrogen-bond donors (Lipinski definition) is 5. The van der Waals surface area contributed by atoms with Gasteiger partial charge in [0.1, 0.15) is 30.3 Å². The topological polar surface area (TPSA) is 201 Å². The average Bonchev–Trinajstić information content (AvgIpc) is 3.01. The fraction of sp³-hybridized carbons (Fsp3) is 0.500. The summed E-state index contributed by atoms with van der Waals surface area (Å²) < 4.78 is 22.8. The maximum absolute atomic E-state index is 11.0. The van der Waals surface area contributed by atoms with Gasteiger partial charge in [0.25, 0.3) is 0 Å². The van der Waals surface area contributed by atoms with Gasteiger partial charge in [0.05, 0.1) is 12.9 Å². The van der Waals surface area contributed by atoms with Gasteiger partial charge in [-0.05, 0) is 0 Å². The van der Waals surface area contributed by atoms with E-state index in [1.54, 1.807) is 4.57 Å². The van der Waals surface area contributed by atoms with Gasteiger partial charge < -0.3 is 31.5 Å². The quantitative estimate of drug-likeness (QED) is 0.438. The van der Waals surface area contributed by atoms with Crippen LogP contribution >= 0.6 is 7.82 Å². The van der Waals surface area contributed by atoms with E-state index in [2.05, 4.69) is 19.5 Å². The van der Waals surface area contributed by atoms with E-state index in [9.17, 15) is 9.67 Å². The van der Waals surface area contributed by atoms with Crippen LogP contribution in [0, 0.1) is 0 Å². The molecule has 3 atom stereocenters. The summed E-state index contributed by atoms with van der Waals surface area (Å²) in [5, 5.41) is 9.28. The molecule has 0 amide bonds. The lowest BCUT2D eigenvalue weighted by Crippen LogP contribution is -2.26. The number of nitrogens with two attached hydrogens (primary N) is 1. The number of imidazole rings is 1. The van der Waals surface area contributed by atoms with E-state index in [-0.39, 0.29) is 18.4 Å². The molecular weight excluding hydrogens is 331 g/mol.